The normalized spacial score (nSPS) is 16.4. The Hall–Kier alpha value is -1.06. The van der Waals surface area contributed by atoms with E-state index in [9.17, 15) is 0 Å². The van der Waals surface area contributed by atoms with E-state index >= 15 is 0 Å². The molecule has 0 spiro atoms. The van der Waals surface area contributed by atoms with Crippen LogP contribution in [0.25, 0.3) is 10.8 Å². The molecule has 0 aromatic heterocycles. The number of halogens is 2. The van der Waals surface area contributed by atoms with Gasteiger partial charge in [-0.05, 0) is 28.8 Å². The van der Waals surface area contributed by atoms with Crippen LogP contribution in [0.3, 0.4) is 0 Å². The summed E-state index contributed by atoms with van der Waals surface area (Å²) < 4.78 is 0. The second-order valence-corrected chi connectivity index (χ2v) is 5.43. The number of rotatable bonds is 4. The first-order valence-corrected chi connectivity index (χ1v) is 7.43. The minimum atomic E-state index is 0. The van der Waals surface area contributed by atoms with Crippen LogP contribution in [-0.2, 0) is 0 Å². The predicted octanol–water partition coefficient (Wildman–Crippen LogP) is 4.21. The number of hydrogen-bond acceptors (Lipinski definition) is 2. The van der Waals surface area contributed by atoms with E-state index in [1.807, 2.05) is 6.08 Å². The fourth-order valence-corrected chi connectivity index (χ4v) is 3.06. The number of nitrogens with one attached hydrogen (secondary N) is 1. The molecule has 0 saturated carbocycles. The fourth-order valence-electron chi connectivity index (χ4n) is 3.06. The maximum absolute atomic E-state index is 3.94. The van der Waals surface area contributed by atoms with E-state index in [1.54, 1.807) is 0 Å². The Morgan fingerprint density at radius 3 is 2.41 bits per heavy atom. The van der Waals surface area contributed by atoms with Gasteiger partial charge in [0.2, 0.25) is 0 Å². The van der Waals surface area contributed by atoms with Gasteiger partial charge in [-0.25, -0.2) is 0 Å². The van der Waals surface area contributed by atoms with Crippen molar-refractivity contribution in [1.82, 2.24) is 10.2 Å². The van der Waals surface area contributed by atoms with Crippen LogP contribution in [0.2, 0.25) is 0 Å². The van der Waals surface area contributed by atoms with Crippen LogP contribution in [0, 0.1) is 0 Å². The molecule has 0 aliphatic carbocycles. The summed E-state index contributed by atoms with van der Waals surface area (Å²) in [6.45, 7) is 8.34. The molecule has 1 N–H and O–H groups in total. The Morgan fingerprint density at radius 1 is 1.05 bits per heavy atom. The highest BCUT2D eigenvalue weighted by atomic mass is 35.5. The molecule has 0 amide bonds. The highest BCUT2D eigenvalue weighted by Gasteiger charge is 2.21. The van der Waals surface area contributed by atoms with Crippen LogP contribution in [-0.4, -0.2) is 31.1 Å². The lowest BCUT2D eigenvalue weighted by Crippen LogP contribution is -2.45. The van der Waals surface area contributed by atoms with Gasteiger partial charge in [-0.1, -0.05) is 42.5 Å². The highest BCUT2D eigenvalue weighted by molar-refractivity contribution is 5.85. The third-order valence-corrected chi connectivity index (χ3v) is 4.14. The fraction of sp³-hybridized carbons (Fsp3) is 0.333. The molecule has 1 saturated heterocycles. The largest absolute Gasteiger partial charge is 0.314 e. The van der Waals surface area contributed by atoms with E-state index < -0.39 is 0 Å². The molecule has 3 rings (SSSR count). The van der Waals surface area contributed by atoms with Gasteiger partial charge in [0.15, 0.2) is 0 Å². The third kappa shape index (κ3) is 4.23. The lowest BCUT2D eigenvalue weighted by molar-refractivity contribution is 0.174. The summed E-state index contributed by atoms with van der Waals surface area (Å²) >= 11 is 0. The number of hydrogen-bond donors (Lipinski definition) is 1. The molecule has 0 bridgehead atoms. The van der Waals surface area contributed by atoms with Crippen LogP contribution in [0.4, 0.5) is 0 Å². The second-order valence-electron chi connectivity index (χ2n) is 5.43. The first kappa shape index (κ1) is 19.0. The van der Waals surface area contributed by atoms with Crippen LogP contribution in [0.15, 0.2) is 55.1 Å². The van der Waals surface area contributed by atoms with Gasteiger partial charge in [-0.15, -0.1) is 31.4 Å². The maximum atomic E-state index is 3.94. The molecule has 120 valence electrons. The van der Waals surface area contributed by atoms with Crippen molar-refractivity contribution in [2.24, 2.45) is 0 Å². The number of nitrogens with zero attached hydrogens (tertiary/aromatic N) is 1. The van der Waals surface area contributed by atoms with E-state index in [1.165, 1.54) is 16.3 Å². The zero-order valence-corrected chi connectivity index (χ0v) is 14.3. The lowest BCUT2D eigenvalue weighted by atomic mass is 9.98. The Bertz CT molecular complexity index is 594. The molecule has 4 heteroatoms. The average molecular weight is 339 g/mol. The minimum Gasteiger partial charge on any atom is -0.314 e. The van der Waals surface area contributed by atoms with E-state index in [4.69, 9.17) is 0 Å². The zero-order valence-electron chi connectivity index (χ0n) is 12.7. The molecular weight excluding hydrogens is 315 g/mol. The second kappa shape index (κ2) is 9.16. The van der Waals surface area contributed by atoms with Crippen LogP contribution < -0.4 is 5.32 Å². The van der Waals surface area contributed by atoms with Crippen molar-refractivity contribution in [2.45, 2.75) is 12.5 Å². The van der Waals surface area contributed by atoms with Crippen LogP contribution in [0.5, 0.6) is 0 Å². The van der Waals surface area contributed by atoms with Gasteiger partial charge < -0.3 is 5.32 Å². The van der Waals surface area contributed by atoms with Crippen molar-refractivity contribution < 1.29 is 0 Å². The molecule has 0 unspecified atom stereocenters. The molecule has 22 heavy (non-hydrogen) atoms. The first-order valence-electron chi connectivity index (χ1n) is 7.43. The minimum absolute atomic E-state index is 0. The molecule has 2 nitrogen and oxygen atoms in total. The SMILES string of the molecule is C=CC[C@@H](c1ccc2ccccc2c1)N1CCNCC1.Cl.Cl. The molecule has 1 aliphatic rings. The Morgan fingerprint density at radius 2 is 1.73 bits per heavy atom. The molecule has 1 aliphatic heterocycles. The number of fused-ring (bicyclic) bond motifs is 1. The summed E-state index contributed by atoms with van der Waals surface area (Å²) in [4.78, 5) is 2.57. The molecule has 0 radical (unpaired) electrons. The van der Waals surface area contributed by atoms with Gasteiger partial charge in [0, 0.05) is 32.2 Å². The summed E-state index contributed by atoms with van der Waals surface area (Å²) in [5.41, 5.74) is 1.41. The van der Waals surface area contributed by atoms with Crippen LogP contribution >= 0.6 is 24.8 Å². The van der Waals surface area contributed by atoms with Crippen molar-refractivity contribution in [3.63, 3.8) is 0 Å². The monoisotopic (exact) mass is 338 g/mol. The van der Waals surface area contributed by atoms with Crippen molar-refractivity contribution in [3.05, 3.63) is 60.7 Å². The Balaban J connectivity index is 0.00000121. The van der Waals surface area contributed by atoms with Crippen molar-refractivity contribution in [2.75, 3.05) is 26.2 Å². The maximum Gasteiger partial charge on any atom is 0.0383 e. The molecule has 2 aromatic rings. The van der Waals surface area contributed by atoms with Gasteiger partial charge >= 0.3 is 0 Å². The number of piperazine rings is 1. The quantitative estimate of drug-likeness (QED) is 0.840. The van der Waals surface area contributed by atoms with E-state index in [2.05, 4.69) is 59.3 Å². The summed E-state index contributed by atoms with van der Waals surface area (Å²) in [6.07, 6.45) is 3.06. The van der Waals surface area contributed by atoms with Gasteiger partial charge in [0.1, 0.15) is 0 Å². The van der Waals surface area contributed by atoms with Gasteiger partial charge in [0.05, 0.1) is 0 Å². The molecule has 1 atom stereocenters. The average Bonchev–Trinajstić information content (AvgIpc) is 2.53. The van der Waals surface area contributed by atoms with E-state index in [0.29, 0.717) is 6.04 Å². The zero-order chi connectivity index (χ0) is 13.8. The van der Waals surface area contributed by atoms with Crippen LogP contribution in [0.1, 0.15) is 18.0 Å². The van der Waals surface area contributed by atoms with Crippen molar-refractivity contribution in [3.8, 4) is 0 Å². The molecule has 1 fully saturated rings. The summed E-state index contributed by atoms with van der Waals surface area (Å²) in [5.74, 6) is 0. The van der Waals surface area contributed by atoms with Gasteiger partial charge in [-0.3, -0.25) is 4.90 Å². The standard InChI is InChI=1S/C18H22N2.2ClH/c1-2-5-18(20-12-10-19-11-13-20)17-9-8-15-6-3-4-7-16(15)14-17;;/h2-4,6-9,14,18-19H,1,5,10-13H2;2*1H/t18-;;/m0../s1. The predicted molar refractivity (Wildman–Crippen MR) is 100 cm³/mol. The highest BCUT2D eigenvalue weighted by Crippen LogP contribution is 2.28. The summed E-state index contributed by atoms with van der Waals surface area (Å²) in [6, 6.07) is 15.9. The van der Waals surface area contributed by atoms with E-state index in [0.717, 1.165) is 32.6 Å². The molecule has 1 heterocycles. The Kier molecular flexibility index (Phi) is 7.91. The summed E-state index contributed by atoms with van der Waals surface area (Å²) in [7, 11) is 0. The van der Waals surface area contributed by atoms with Gasteiger partial charge in [-0.2, -0.15) is 0 Å². The Labute approximate surface area is 145 Å². The van der Waals surface area contributed by atoms with E-state index in [-0.39, 0.29) is 24.8 Å². The van der Waals surface area contributed by atoms with Gasteiger partial charge in [0.25, 0.3) is 0 Å². The smallest absolute Gasteiger partial charge is 0.0383 e. The number of benzene rings is 2. The first-order chi connectivity index (χ1) is 9.88. The van der Waals surface area contributed by atoms with Crippen molar-refractivity contribution in [1.29, 1.82) is 0 Å². The molecule has 2 aromatic carbocycles. The molecular formula is C18H24Cl2N2. The lowest BCUT2D eigenvalue weighted by Gasteiger charge is -2.35. The van der Waals surface area contributed by atoms with Crippen molar-refractivity contribution >= 4 is 35.6 Å². The summed E-state index contributed by atoms with van der Waals surface area (Å²) in [5, 5.41) is 6.07. The third-order valence-electron chi connectivity index (χ3n) is 4.14. The topological polar surface area (TPSA) is 15.3 Å².